The summed E-state index contributed by atoms with van der Waals surface area (Å²) >= 11 is 0. The Balaban J connectivity index is 1.26. The van der Waals surface area contributed by atoms with E-state index in [1.807, 2.05) is 12.2 Å². The van der Waals surface area contributed by atoms with Crippen LogP contribution in [0.1, 0.15) is 19.3 Å². The zero-order valence-corrected chi connectivity index (χ0v) is 16.9. The highest BCUT2D eigenvalue weighted by molar-refractivity contribution is 6.06. The summed E-state index contributed by atoms with van der Waals surface area (Å²) in [4.78, 5) is 53.5. The van der Waals surface area contributed by atoms with Gasteiger partial charge >= 0.3 is 11.9 Å². The van der Waals surface area contributed by atoms with Crippen LogP contribution in [0.2, 0.25) is 0 Å². The normalized spacial score (nSPS) is 26.4. The second-order valence-electron chi connectivity index (χ2n) is 7.37. The molecule has 1 saturated heterocycles. The fourth-order valence-corrected chi connectivity index (χ4v) is 4.07. The lowest BCUT2D eigenvalue weighted by molar-refractivity contribution is -0.199. The summed E-state index contributed by atoms with van der Waals surface area (Å²) in [5, 5.41) is 0.581. The van der Waals surface area contributed by atoms with Crippen LogP contribution in [0.25, 0.3) is 0 Å². The molecule has 2 aliphatic carbocycles. The predicted molar refractivity (Wildman–Crippen MR) is 99.4 cm³/mol. The lowest BCUT2D eigenvalue weighted by Crippen LogP contribution is -2.35. The predicted octanol–water partition coefficient (Wildman–Crippen LogP) is 0.255. The van der Waals surface area contributed by atoms with E-state index in [-0.39, 0.29) is 37.9 Å². The molecule has 4 unspecified atom stereocenters. The number of allylic oxidation sites excluding steroid dienone is 2. The van der Waals surface area contributed by atoms with Gasteiger partial charge in [0.25, 0.3) is 11.8 Å². The Morgan fingerprint density at radius 3 is 2.00 bits per heavy atom. The van der Waals surface area contributed by atoms with E-state index in [0.717, 1.165) is 6.42 Å². The van der Waals surface area contributed by atoms with Crippen molar-refractivity contribution in [2.75, 3.05) is 46.8 Å². The summed E-state index contributed by atoms with van der Waals surface area (Å²) in [7, 11) is 1.59. The SMILES string of the molecule is COCCOCCOCCOC(=O)CCC(=O)ON1C(=O)C2C3C=CC(C3)C2C1=O. The Bertz CT molecular complexity index is 662. The molecule has 2 amide bonds. The largest absolute Gasteiger partial charge is 0.463 e. The zero-order chi connectivity index (χ0) is 21.5. The molecule has 3 rings (SSSR count). The van der Waals surface area contributed by atoms with Gasteiger partial charge in [0.2, 0.25) is 0 Å². The number of hydrogen-bond donors (Lipinski definition) is 0. The maximum absolute atomic E-state index is 12.4. The topological polar surface area (TPSA) is 118 Å². The van der Waals surface area contributed by atoms with Gasteiger partial charge < -0.3 is 23.8 Å². The Kier molecular flexibility index (Phi) is 7.94. The molecule has 0 N–H and O–H groups in total. The van der Waals surface area contributed by atoms with Crippen LogP contribution in [-0.2, 0) is 43.0 Å². The quantitative estimate of drug-likeness (QED) is 0.177. The molecule has 1 saturated carbocycles. The van der Waals surface area contributed by atoms with Gasteiger partial charge in [-0.05, 0) is 18.3 Å². The molecule has 10 nitrogen and oxygen atoms in total. The number of imide groups is 1. The van der Waals surface area contributed by atoms with Gasteiger partial charge in [0.15, 0.2) is 0 Å². The summed E-state index contributed by atoms with van der Waals surface area (Å²) in [6.07, 6.45) is 4.21. The van der Waals surface area contributed by atoms with E-state index in [1.165, 1.54) is 0 Å². The molecule has 2 bridgehead atoms. The van der Waals surface area contributed by atoms with E-state index in [2.05, 4.69) is 0 Å². The third-order valence-electron chi connectivity index (χ3n) is 5.45. The van der Waals surface area contributed by atoms with Crippen LogP contribution in [0.5, 0.6) is 0 Å². The maximum atomic E-state index is 12.4. The number of hydroxylamine groups is 2. The number of esters is 1. The van der Waals surface area contributed by atoms with Crippen LogP contribution >= 0.6 is 0 Å². The number of nitrogens with zero attached hydrogens (tertiary/aromatic N) is 1. The molecule has 1 aliphatic heterocycles. The van der Waals surface area contributed by atoms with Crippen molar-refractivity contribution in [1.29, 1.82) is 0 Å². The summed E-state index contributed by atoms with van der Waals surface area (Å²) in [6.45, 7) is 2.04. The van der Waals surface area contributed by atoms with Crippen molar-refractivity contribution in [3.05, 3.63) is 12.2 Å². The molecular formula is C20H27NO9. The highest BCUT2D eigenvalue weighted by atomic mass is 16.7. The number of carbonyl (C=O) groups is 4. The number of methoxy groups -OCH3 is 1. The average Bonchev–Trinajstić information content (AvgIpc) is 3.41. The van der Waals surface area contributed by atoms with E-state index >= 15 is 0 Å². The molecule has 4 atom stereocenters. The fourth-order valence-electron chi connectivity index (χ4n) is 4.07. The summed E-state index contributed by atoms with van der Waals surface area (Å²) in [5.41, 5.74) is 0. The van der Waals surface area contributed by atoms with Crippen molar-refractivity contribution < 1.29 is 43.0 Å². The minimum absolute atomic E-state index is 0.0364. The van der Waals surface area contributed by atoms with Gasteiger partial charge in [0, 0.05) is 7.11 Å². The van der Waals surface area contributed by atoms with Gasteiger partial charge in [-0.1, -0.05) is 12.2 Å². The van der Waals surface area contributed by atoms with Gasteiger partial charge in [0.05, 0.1) is 57.7 Å². The first-order valence-electron chi connectivity index (χ1n) is 10.1. The number of fused-ring (bicyclic) bond motifs is 5. The lowest BCUT2D eigenvalue weighted by Gasteiger charge is -2.15. The molecule has 166 valence electrons. The smallest absolute Gasteiger partial charge is 0.333 e. The van der Waals surface area contributed by atoms with Crippen molar-refractivity contribution in [1.82, 2.24) is 5.06 Å². The van der Waals surface area contributed by atoms with E-state index < -0.39 is 35.6 Å². The summed E-state index contributed by atoms with van der Waals surface area (Å²) in [6, 6.07) is 0. The minimum Gasteiger partial charge on any atom is -0.463 e. The standard InChI is InChI=1S/C20H27NO9/c1-26-6-7-27-8-9-28-10-11-29-15(22)4-5-16(23)30-21-19(24)17-13-2-3-14(12-13)18(17)20(21)25/h2-3,13-14,17-18H,4-12H2,1H3. The Morgan fingerprint density at radius 2 is 1.40 bits per heavy atom. The Labute approximate surface area is 174 Å². The maximum Gasteiger partial charge on any atom is 0.333 e. The monoisotopic (exact) mass is 425 g/mol. The van der Waals surface area contributed by atoms with E-state index in [1.54, 1.807) is 7.11 Å². The average molecular weight is 425 g/mol. The molecule has 0 aromatic rings. The van der Waals surface area contributed by atoms with Crippen LogP contribution in [0.4, 0.5) is 0 Å². The number of ether oxygens (including phenoxy) is 4. The zero-order valence-electron chi connectivity index (χ0n) is 16.9. The van der Waals surface area contributed by atoms with Gasteiger partial charge in [-0.15, -0.1) is 5.06 Å². The fraction of sp³-hybridized carbons (Fsp3) is 0.700. The first-order valence-corrected chi connectivity index (χ1v) is 10.1. The van der Waals surface area contributed by atoms with Crippen molar-refractivity contribution in [3.8, 4) is 0 Å². The molecule has 0 spiro atoms. The first-order chi connectivity index (χ1) is 14.5. The number of hydrogen-bond acceptors (Lipinski definition) is 9. The Morgan fingerprint density at radius 1 is 0.867 bits per heavy atom. The van der Waals surface area contributed by atoms with Crippen LogP contribution in [0.3, 0.4) is 0 Å². The van der Waals surface area contributed by atoms with E-state index in [4.69, 9.17) is 23.8 Å². The molecular weight excluding hydrogens is 398 g/mol. The van der Waals surface area contributed by atoms with Crippen LogP contribution in [0.15, 0.2) is 12.2 Å². The molecule has 3 aliphatic rings. The van der Waals surface area contributed by atoms with E-state index in [0.29, 0.717) is 31.5 Å². The molecule has 0 aromatic heterocycles. The van der Waals surface area contributed by atoms with Gasteiger partial charge in [-0.3, -0.25) is 14.4 Å². The van der Waals surface area contributed by atoms with Gasteiger partial charge in [0.1, 0.15) is 6.61 Å². The lowest BCUT2D eigenvalue weighted by atomic mass is 9.85. The van der Waals surface area contributed by atoms with Crippen molar-refractivity contribution in [3.63, 3.8) is 0 Å². The molecule has 10 heteroatoms. The molecule has 0 radical (unpaired) electrons. The molecule has 0 aromatic carbocycles. The number of rotatable bonds is 13. The third kappa shape index (κ3) is 5.24. The first kappa shape index (κ1) is 22.4. The highest BCUT2D eigenvalue weighted by Gasteiger charge is 2.60. The van der Waals surface area contributed by atoms with Crippen molar-refractivity contribution >= 4 is 23.8 Å². The van der Waals surface area contributed by atoms with Crippen molar-refractivity contribution in [2.45, 2.75) is 19.3 Å². The second kappa shape index (κ2) is 10.6. The van der Waals surface area contributed by atoms with Crippen LogP contribution in [-0.4, -0.2) is 75.6 Å². The summed E-state index contributed by atoms with van der Waals surface area (Å²) in [5.74, 6) is -3.15. The summed E-state index contributed by atoms with van der Waals surface area (Å²) < 4.78 is 20.2. The molecule has 2 fully saturated rings. The van der Waals surface area contributed by atoms with Crippen LogP contribution in [0, 0.1) is 23.7 Å². The minimum atomic E-state index is -0.821. The number of amides is 2. The third-order valence-corrected chi connectivity index (χ3v) is 5.45. The van der Waals surface area contributed by atoms with Crippen molar-refractivity contribution in [2.24, 2.45) is 23.7 Å². The van der Waals surface area contributed by atoms with Gasteiger partial charge in [-0.2, -0.15) is 0 Å². The number of carbonyl (C=O) groups excluding carboxylic acids is 4. The second-order valence-corrected chi connectivity index (χ2v) is 7.37. The molecule has 1 heterocycles. The van der Waals surface area contributed by atoms with Crippen LogP contribution < -0.4 is 0 Å². The molecule has 30 heavy (non-hydrogen) atoms. The highest BCUT2D eigenvalue weighted by Crippen LogP contribution is 2.52. The Hall–Kier alpha value is -2.30. The van der Waals surface area contributed by atoms with E-state index in [9.17, 15) is 19.2 Å². The van der Waals surface area contributed by atoms with Gasteiger partial charge in [-0.25, -0.2) is 4.79 Å².